The Morgan fingerprint density at radius 1 is 1.45 bits per heavy atom. The van der Waals surface area contributed by atoms with E-state index in [0.29, 0.717) is 18.6 Å². The Kier molecular flexibility index (Phi) is 4.57. The quantitative estimate of drug-likeness (QED) is 0.721. The molecule has 1 aromatic heterocycles. The lowest BCUT2D eigenvalue weighted by Crippen LogP contribution is -2.39. The topological polar surface area (TPSA) is 114 Å². The molecule has 1 saturated heterocycles. The highest BCUT2D eigenvalue weighted by molar-refractivity contribution is 5.74. The van der Waals surface area contributed by atoms with Crippen molar-refractivity contribution in [3.8, 4) is 0 Å². The summed E-state index contributed by atoms with van der Waals surface area (Å²) < 4.78 is 10.2. The van der Waals surface area contributed by atoms with Crippen molar-refractivity contribution in [2.45, 2.75) is 38.5 Å². The Balaban J connectivity index is 1.64. The number of carbonyl (C=O) groups is 2. The van der Waals surface area contributed by atoms with Crippen molar-refractivity contribution in [2.24, 2.45) is 0 Å². The Bertz CT molecular complexity index is 487. The number of ether oxygens (including phenoxy) is 1. The van der Waals surface area contributed by atoms with Crippen molar-refractivity contribution in [3.05, 3.63) is 17.5 Å². The fraction of sp³-hybridized carbons (Fsp3) is 0.583. The zero-order valence-electron chi connectivity index (χ0n) is 11.1. The fourth-order valence-electron chi connectivity index (χ4n) is 1.97. The molecule has 8 heteroatoms. The molecule has 20 heavy (non-hydrogen) atoms. The van der Waals surface area contributed by atoms with Crippen LogP contribution in [0.2, 0.25) is 0 Å². The van der Waals surface area contributed by atoms with Gasteiger partial charge < -0.3 is 25.0 Å². The van der Waals surface area contributed by atoms with Gasteiger partial charge in [0.2, 0.25) is 0 Å². The lowest BCUT2D eigenvalue weighted by molar-refractivity contribution is -0.149. The number of aromatic nitrogens is 1. The van der Waals surface area contributed by atoms with Gasteiger partial charge in [0.1, 0.15) is 0 Å². The van der Waals surface area contributed by atoms with E-state index >= 15 is 0 Å². The number of hydrogen-bond donors (Lipinski definition) is 3. The average Bonchev–Trinajstić information content (AvgIpc) is 3.03. The smallest absolute Gasteiger partial charge is 0.332 e. The minimum atomic E-state index is -0.961. The van der Waals surface area contributed by atoms with E-state index < -0.39 is 12.1 Å². The lowest BCUT2D eigenvalue weighted by Gasteiger charge is -2.12. The zero-order chi connectivity index (χ0) is 14.5. The minimum absolute atomic E-state index is 0.246. The SMILES string of the molecule is Cc1cc(CNC(=O)NCC2CCC(C(=O)O)O2)on1. The summed E-state index contributed by atoms with van der Waals surface area (Å²) in [6.07, 6.45) is 0.0792. The third-order valence-corrected chi connectivity index (χ3v) is 2.97. The first-order chi connectivity index (χ1) is 9.54. The molecule has 2 amide bonds. The molecule has 0 aliphatic carbocycles. The minimum Gasteiger partial charge on any atom is -0.479 e. The lowest BCUT2D eigenvalue weighted by atomic mass is 10.2. The molecule has 1 fully saturated rings. The van der Waals surface area contributed by atoms with Gasteiger partial charge in [0, 0.05) is 12.6 Å². The molecule has 1 aromatic rings. The van der Waals surface area contributed by atoms with Crippen LogP contribution in [0.1, 0.15) is 24.3 Å². The molecular formula is C12H17N3O5. The van der Waals surface area contributed by atoms with Gasteiger partial charge in [-0.15, -0.1) is 0 Å². The molecule has 2 heterocycles. The number of carbonyl (C=O) groups excluding carboxylic acids is 1. The van der Waals surface area contributed by atoms with Gasteiger partial charge in [-0.05, 0) is 19.8 Å². The van der Waals surface area contributed by atoms with Crippen LogP contribution in [0.15, 0.2) is 10.6 Å². The van der Waals surface area contributed by atoms with Gasteiger partial charge in [0.15, 0.2) is 11.9 Å². The van der Waals surface area contributed by atoms with Gasteiger partial charge in [-0.25, -0.2) is 9.59 Å². The first kappa shape index (κ1) is 14.3. The van der Waals surface area contributed by atoms with E-state index in [1.54, 1.807) is 13.0 Å². The Morgan fingerprint density at radius 2 is 2.25 bits per heavy atom. The van der Waals surface area contributed by atoms with Crippen LogP contribution < -0.4 is 10.6 Å². The summed E-state index contributed by atoms with van der Waals surface area (Å²) in [7, 11) is 0. The number of carboxylic acids is 1. The largest absolute Gasteiger partial charge is 0.479 e. The Morgan fingerprint density at radius 3 is 2.85 bits per heavy atom. The third-order valence-electron chi connectivity index (χ3n) is 2.97. The Hall–Kier alpha value is -2.09. The molecule has 0 radical (unpaired) electrons. The first-order valence-electron chi connectivity index (χ1n) is 6.36. The molecule has 0 aromatic carbocycles. The van der Waals surface area contributed by atoms with Gasteiger partial charge in [-0.2, -0.15) is 0 Å². The number of nitrogens with zero attached hydrogens (tertiary/aromatic N) is 1. The van der Waals surface area contributed by atoms with Gasteiger partial charge in [0.25, 0.3) is 0 Å². The molecule has 110 valence electrons. The predicted molar refractivity (Wildman–Crippen MR) is 67.0 cm³/mol. The highest BCUT2D eigenvalue weighted by Crippen LogP contribution is 2.19. The molecule has 1 aliphatic rings. The number of rotatable bonds is 5. The first-order valence-corrected chi connectivity index (χ1v) is 6.36. The number of nitrogens with one attached hydrogen (secondary N) is 2. The molecule has 0 spiro atoms. The zero-order valence-corrected chi connectivity index (χ0v) is 11.1. The number of hydrogen-bond acceptors (Lipinski definition) is 5. The van der Waals surface area contributed by atoms with E-state index in [2.05, 4.69) is 15.8 Å². The summed E-state index contributed by atoms with van der Waals surface area (Å²) in [6, 6.07) is 1.37. The number of amides is 2. The number of aliphatic carboxylic acids is 1. The van der Waals surface area contributed by atoms with E-state index in [1.807, 2.05) is 0 Å². The molecule has 2 rings (SSSR count). The molecule has 2 atom stereocenters. The molecule has 0 bridgehead atoms. The van der Waals surface area contributed by atoms with Gasteiger partial charge >= 0.3 is 12.0 Å². The highest BCUT2D eigenvalue weighted by atomic mass is 16.5. The van der Waals surface area contributed by atoms with E-state index in [9.17, 15) is 9.59 Å². The monoisotopic (exact) mass is 283 g/mol. The van der Waals surface area contributed by atoms with Gasteiger partial charge in [-0.3, -0.25) is 0 Å². The van der Waals surface area contributed by atoms with E-state index in [-0.39, 0.29) is 25.2 Å². The summed E-state index contributed by atoms with van der Waals surface area (Å²) in [5.41, 5.74) is 0.751. The molecule has 1 aliphatic heterocycles. The summed E-state index contributed by atoms with van der Waals surface area (Å²) in [4.78, 5) is 22.2. The van der Waals surface area contributed by atoms with Crippen LogP contribution in [0, 0.1) is 6.92 Å². The van der Waals surface area contributed by atoms with Crippen LogP contribution >= 0.6 is 0 Å². The number of aryl methyl sites for hydroxylation is 1. The van der Waals surface area contributed by atoms with E-state index in [0.717, 1.165) is 5.69 Å². The molecule has 0 saturated carbocycles. The molecule has 8 nitrogen and oxygen atoms in total. The predicted octanol–water partition coefficient (Wildman–Crippen LogP) is 0.414. The molecular weight excluding hydrogens is 266 g/mol. The van der Waals surface area contributed by atoms with Gasteiger partial charge in [0.05, 0.1) is 18.3 Å². The second-order valence-corrected chi connectivity index (χ2v) is 4.66. The van der Waals surface area contributed by atoms with E-state index in [1.165, 1.54) is 0 Å². The second-order valence-electron chi connectivity index (χ2n) is 4.66. The van der Waals surface area contributed by atoms with Crippen LogP contribution in [0.25, 0.3) is 0 Å². The average molecular weight is 283 g/mol. The maximum atomic E-state index is 11.5. The standard InChI is InChI=1S/C12H17N3O5/c1-7-4-9(20-15-7)6-14-12(18)13-5-8-2-3-10(19-8)11(16)17/h4,8,10H,2-3,5-6H2,1H3,(H,16,17)(H2,13,14,18). The van der Waals surface area contributed by atoms with Crippen LogP contribution in [-0.4, -0.2) is 41.0 Å². The number of carboxylic acid groups (broad SMARTS) is 1. The summed E-state index contributed by atoms with van der Waals surface area (Å²) in [6.45, 7) is 2.32. The maximum absolute atomic E-state index is 11.5. The molecule has 3 N–H and O–H groups in total. The van der Waals surface area contributed by atoms with Crippen molar-refractivity contribution in [1.29, 1.82) is 0 Å². The van der Waals surface area contributed by atoms with Crippen molar-refractivity contribution >= 4 is 12.0 Å². The van der Waals surface area contributed by atoms with Crippen molar-refractivity contribution in [1.82, 2.24) is 15.8 Å². The van der Waals surface area contributed by atoms with Crippen molar-refractivity contribution in [2.75, 3.05) is 6.54 Å². The Labute approximate surface area is 115 Å². The van der Waals surface area contributed by atoms with E-state index in [4.69, 9.17) is 14.4 Å². The highest BCUT2D eigenvalue weighted by Gasteiger charge is 2.30. The van der Waals surface area contributed by atoms with Gasteiger partial charge in [-0.1, -0.05) is 5.16 Å². The van der Waals surface area contributed by atoms with Crippen LogP contribution in [0.5, 0.6) is 0 Å². The normalized spacial score (nSPS) is 21.6. The van der Waals surface area contributed by atoms with Crippen LogP contribution in [0.3, 0.4) is 0 Å². The third kappa shape index (κ3) is 3.95. The maximum Gasteiger partial charge on any atom is 0.332 e. The number of urea groups is 1. The summed E-state index contributed by atoms with van der Waals surface area (Å²) >= 11 is 0. The summed E-state index contributed by atoms with van der Waals surface area (Å²) in [5.74, 6) is -0.390. The summed E-state index contributed by atoms with van der Waals surface area (Å²) in [5, 5.41) is 17.7. The van der Waals surface area contributed by atoms with Crippen LogP contribution in [0.4, 0.5) is 4.79 Å². The van der Waals surface area contributed by atoms with Crippen molar-refractivity contribution < 1.29 is 24.0 Å². The van der Waals surface area contributed by atoms with Crippen molar-refractivity contribution in [3.63, 3.8) is 0 Å². The fourth-order valence-corrected chi connectivity index (χ4v) is 1.97. The molecule has 2 unspecified atom stereocenters. The van der Waals surface area contributed by atoms with Crippen LogP contribution in [-0.2, 0) is 16.1 Å². The second kappa shape index (κ2) is 6.38.